The molecule has 9 heteroatoms. The number of fused-ring (bicyclic) bond motifs is 2. The highest BCUT2D eigenvalue weighted by molar-refractivity contribution is 7.23. The van der Waals surface area contributed by atoms with Gasteiger partial charge in [0.05, 0.1) is 22.5 Å². The van der Waals surface area contributed by atoms with Crippen LogP contribution in [0.15, 0.2) is 48.5 Å². The highest BCUT2D eigenvalue weighted by atomic mass is 32.1. The fraction of sp³-hybridized carbons (Fsp3) is 0.711. The second kappa shape index (κ2) is 38.5. The lowest BCUT2D eigenvalue weighted by Gasteiger charge is -2.27. The number of rotatable bonds is 49. The Hall–Kier alpha value is -3.08. The van der Waals surface area contributed by atoms with E-state index in [1.165, 1.54) is 236 Å². The van der Waals surface area contributed by atoms with Crippen LogP contribution in [-0.4, -0.2) is 24.9 Å². The maximum absolute atomic E-state index is 15.8. The number of hydrogen-bond donors (Lipinski definition) is 2. The van der Waals surface area contributed by atoms with Crippen molar-refractivity contribution >= 4 is 68.3 Å². The van der Waals surface area contributed by atoms with Crippen LogP contribution in [0.3, 0.4) is 0 Å². The summed E-state index contributed by atoms with van der Waals surface area (Å²) < 4.78 is 0. The van der Waals surface area contributed by atoms with Gasteiger partial charge in [-0.3, -0.25) is 9.59 Å². The van der Waals surface area contributed by atoms with Crippen molar-refractivity contribution in [2.45, 2.75) is 323 Å². The summed E-state index contributed by atoms with van der Waals surface area (Å²) in [5.74, 6) is 1.02. The molecule has 2 unspecified atom stereocenters. The van der Waals surface area contributed by atoms with E-state index in [1.54, 1.807) is 34.0 Å². The van der Waals surface area contributed by atoms with Crippen molar-refractivity contribution in [1.82, 2.24) is 0 Å². The first-order chi connectivity index (χ1) is 41.2. The normalized spacial score (nSPS) is 14.4. The molecule has 6 rings (SSSR count). The van der Waals surface area contributed by atoms with Crippen LogP contribution in [0.25, 0.3) is 20.9 Å². The van der Waals surface area contributed by atoms with E-state index in [2.05, 4.69) is 114 Å². The largest absolute Gasteiger partial charge is 0.321 e. The zero-order valence-electron chi connectivity index (χ0n) is 55.6. The average Bonchev–Trinajstić information content (AvgIpc) is 1.61. The minimum absolute atomic E-state index is 0.105. The van der Waals surface area contributed by atoms with Crippen molar-refractivity contribution < 1.29 is 9.59 Å². The lowest BCUT2D eigenvalue weighted by Crippen LogP contribution is -2.35. The van der Waals surface area contributed by atoms with Crippen LogP contribution in [0.5, 0.6) is 0 Å². The summed E-state index contributed by atoms with van der Waals surface area (Å²) in [5, 5.41) is 1.97. The molecule has 476 valence electrons. The van der Waals surface area contributed by atoms with Gasteiger partial charge in [0, 0.05) is 63.9 Å². The second-order valence-corrected chi connectivity index (χ2v) is 30.9. The van der Waals surface area contributed by atoms with Gasteiger partial charge in [-0.25, -0.2) is 0 Å². The van der Waals surface area contributed by atoms with Crippen LogP contribution in [0, 0.1) is 11.8 Å². The minimum atomic E-state index is -0.530. The Morgan fingerprint density at radius 3 is 0.906 bits per heavy atom. The first-order valence-corrected chi connectivity index (χ1v) is 38.1. The van der Waals surface area contributed by atoms with E-state index >= 15 is 9.59 Å². The van der Waals surface area contributed by atoms with Gasteiger partial charge in [0.2, 0.25) is 0 Å². The first kappa shape index (κ1) is 71.0. The van der Waals surface area contributed by atoms with Crippen LogP contribution in [-0.2, 0) is 20.7 Å². The van der Waals surface area contributed by atoms with Crippen molar-refractivity contribution in [2.24, 2.45) is 23.3 Å². The van der Waals surface area contributed by atoms with E-state index in [0.29, 0.717) is 24.9 Å². The number of amides is 2. The van der Waals surface area contributed by atoms with Gasteiger partial charge in [-0.1, -0.05) is 259 Å². The maximum Gasteiger partial charge on any atom is 0.260 e. The maximum atomic E-state index is 15.8. The molecule has 0 fully saturated rings. The third-order valence-electron chi connectivity index (χ3n) is 18.7. The van der Waals surface area contributed by atoms with Crippen molar-refractivity contribution in [2.75, 3.05) is 22.9 Å². The topological polar surface area (TPSA) is 92.7 Å². The number of nitrogens with two attached hydrogens (primary N) is 2. The molecular formula is C76H122N4O2S3. The molecule has 3 aromatic heterocycles. The van der Waals surface area contributed by atoms with E-state index in [-0.39, 0.29) is 11.8 Å². The molecule has 0 bridgehead atoms. The molecule has 2 aliphatic rings. The molecule has 2 atom stereocenters. The molecule has 1 aromatic carbocycles. The fourth-order valence-corrected chi connectivity index (χ4v) is 16.6. The molecule has 5 heterocycles. The molecule has 0 aliphatic carbocycles. The van der Waals surface area contributed by atoms with Crippen LogP contribution >= 0.6 is 34.0 Å². The summed E-state index contributed by atoms with van der Waals surface area (Å²) >= 11 is 5.14. The summed E-state index contributed by atoms with van der Waals surface area (Å²) in [7, 11) is 0. The predicted octanol–water partition coefficient (Wildman–Crippen LogP) is 21.9. The monoisotopic (exact) mass is 1220 g/mol. The number of benzene rings is 1. The van der Waals surface area contributed by atoms with Gasteiger partial charge < -0.3 is 21.3 Å². The lowest BCUT2D eigenvalue weighted by atomic mass is 9.93. The zero-order chi connectivity index (χ0) is 60.9. The molecule has 2 aliphatic heterocycles. The average molecular weight is 1220 g/mol. The zero-order valence-corrected chi connectivity index (χ0v) is 58.0. The van der Waals surface area contributed by atoms with Gasteiger partial charge >= 0.3 is 0 Å². The Bertz CT molecular complexity index is 2660. The Morgan fingerprint density at radius 1 is 0.353 bits per heavy atom. The second-order valence-electron chi connectivity index (χ2n) is 27.6. The van der Waals surface area contributed by atoms with Gasteiger partial charge in [0.1, 0.15) is 0 Å². The Kier molecular flexibility index (Phi) is 32.1. The van der Waals surface area contributed by atoms with Crippen molar-refractivity contribution in [3.05, 3.63) is 78.5 Å². The van der Waals surface area contributed by atoms with E-state index < -0.39 is 11.1 Å². The predicted molar refractivity (Wildman–Crippen MR) is 376 cm³/mol. The summed E-state index contributed by atoms with van der Waals surface area (Å²) in [5.41, 5.74) is 16.0. The van der Waals surface area contributed by atoms with E-state index in [4.69, 9.17) is 11.5 Å². The van der Waals surface area contributed by atoms with Crippen molar-refractivity contribution in [1.29, 1.82) is 0 Å². The summed E-state index contributed by atoms with van der Waals surface area (Å²) in [6.07, 6.45) is 51.9. The van der Waals surface area contributed by atoms with E-state index in [1.807, 2.05) is 0 Å². The van der Waals surface area contributed by atoms with E-state index in [9.17, 15) is 0 Å². The molecular weight excluding hydrogens is 1100 g/mol. The number of unbranched alkanes of at least 4 members (excludes halogenated alkanes) is 32. The van der Waals surface area contributed by atoms with Gasteiger partial charge in [-0.05, 0) is 114 Å². The highest BCUT2D eigenvalue weighted by Crippen LogP contribution is 2.41. The summed E-state index contributed by atoms with van der Waals surface area (Å²) in [4.78, 5) is 42.5. The van der Waals surface area contributed by atoms with Crippen LogP contribution in [0.2, 0.25) is 0 Å². The van der Waals surface area contributed by atoms with E-state index in [0.717, 1.165) is 83.0 Å². The number of hydrogen-bond acceptors (Lipinski definition) is 7. The van der Waals surface area contributed by atoms with Gasteiger partial charge in [-0.15, -0.1) is 34.0 Å². The van der Waals surface area contributed by atoms with Gasteiger partial charge in [-0.2, -0.15) is 0 Å². The fourth-order valence-electron chi connectivity index (χ4n) is 13.4. The first-order valence-electron chi connectivity index (χ1n) is 35.7. The third kappa shape index (κ3) is 23.0. The van der Waals surface area contributed by atoms with Gasteiger partial charge in [0.25, 0.3) is 11.8 Å². The number of nitrogens with zero attached hydrogens (tertiary/aromatic N) is 2. The van der Waals surface area contributed by atoms with Crippen LogP contribution < -0.4 is 31.7 Å². The van der Waals surface area contributed by atoms with Crippen molar-refractivity contribution in [3.63, 3.8) is 0 Å². The van der Waals surface area contributed by atoms with Crippen LogP contribution in [0.4, 0.5) is 11.4 Å². The summed E-state index contributed by atoms with van der Waals surface area (Å²) in [6, 6.07) is 17.6. The standard InChI is InChI=1S/C76H122N4O2S3/c1-9-13-17-21-25-29-31-35-39-43-47-59(45-41-37-33-27-23-19-15-11-3)57-79-63-56-62-64(55-61(63)71(73(79)81)67-50-49-65(83-67)66-51-53-69(84-66)75(5,6)77)80(74(82)72(62)68-52-54-70(85-68)76(7,8)78)58-60(46-42-38-34-28-24-20-16-12-4)48-44-40-36-32-30-26-22-18-14-10-2/h49-56,59-60H,9-48,57-58,77-78H2,1-8H3. The quantitative estimate of drug-likeness (QED) is 0.0431. The molecule has 4 N–H and O–H groups in total. The third-order valence-corrected chi connectivity index (χ3v) is 22.9. The number of thiophene rings is 3. The SMILES string of the molecule is CCCCCCCCCCCCC(CCCCCCCCCC)CN1C(=O)C(c2ccc(-c3ccc(C(C)(C)N)s3)s2)=c2cc3c(cc21)=C(c1ccc(C(C)(C)N)s1)C(=O)N3CC(CCCCCCCCCC)CCCCCCCCCCCC. The molecule has 2 amide bonds. The van der Waals surface area contributed by atoms with Crippen molar-refractivity contribution in [3.8, 4) is 9.75 Å². The number of carbonyl (C=O) groups is 2. The molecule has 85 heavy (non-hydrogen) atoms. The lowest BCUT2D eigenvalue weighted by molar-refractivity contribution is -0.114. The van der Waals surface area contributed by atoms with Crippen LogP contribution in [0.1, 0.15) is 332 Å². The molecule has 6 nitrogen and oxygen atoms in total. The van der Waals surface area contributed by atoms with Gasteiger partial charge in [0.15, 0.2) is 0 Å². The summed E-state index contributed by atoms with van der Waals surface area (Å²) in [6.45, 7) is 18.9. The Labute approximate surface area is 532 Å². The minimum Gasteiger partial charge on any atom is -0.321 e. The molecule has 0 radical (unpaired) electrons. The molecule has 4 aromatic rings. The number of carbonyl (C=O) groups excluding carboxylic acids is 2. The number of anilines is 2. The molecule has 0 saturated carbocycles. The molecule has 0 spiro atoms. The smallest absolute Gasteiger partial charge is 0.260 e. The Morgan fingerprint density at radius 2 is 0.600 bits per heavy atom. The molecule has 0 saturated heterocycles. The Balaban J connectivity index is 1.37. The highest BCUT2D eigenvalue weighted by Gasteiger charge is 2.38.